The lowest BCUT2D eigenvalue weighted by Gasteiger charge is -2.36. The quantitative estimate of drug-likeness (QED) is 0.748. The summed E-state index contributed by atoms with van der Waals surface area (Å²) in [5.74, 6) is 6.93. The van der Waals surface area contributed by atoms with E-state index in [1.54, 1.807) is 11.9 Å². The van der Waals surface area contributed by atoms with Gasteiger partial charge in [0.1, 0.15) is 5.84 Å². The van der Waals surface area contributed by atoms with E-state index < -0.39 is 0 Å². The number of amidine groups is 1. The lowest BCUT2D eigenvalue weighted by atomic mass is 10.1. The van der Waals surface area contributed by atoms with Crippen LogP contribution in [0.3, 0.4) is 0 Å². The summed E-state index contributed by atoms with van der Waals surface area (Å²) in [4.78, 5) is 20.8. The maximum Gasteiger partial charge on any atom is 0.254 e. The zero-order valence-corrected chi connectivity index (χ0v) is 15.9. The average molecular weight is 378 g/mol. The normalized spacial score (nSPS) is 15.3. The predicted octanol–water partition coefficient (Wildman–Crippen LogP) is 3.69. The highest BCUT2D eigenvalue weighted by Crippen LogP contribution is 2.14. The van der Waals surface area contributed by atoms with Crippen LogP contribution < -0.4 is 0 Å². The van der Waals surface area contributed by atoms with Gasteiger partial charge in [-0.3, -0.25) is 9.79 Å². The van der Waals surface area contributed by atoms with Gasteiger partial charge in [-0.2, -0.15) is 0 Å². The van der Waals surface area contributed by atoms with Gasteiger partial charge in [-0.05, 0) is 36.3 Å². The molecule has 136 valence electrons. The Hall–Kier alpha value is -3.03. The van der Waals surface area contributed by atoms with E-state index in [4.69, 9.17) is 11.6 Å². The fourth-order valence-electron chi connectivity index (χ4n) is 2.88. The Bertz CT molecular complexity index is 941. The van der Waals surface area contributed by atoms with Crippen molar-refractivity contribution < 1.29 is 4.79 Å². The molecule has 0 atom stereocenters. The van der Waals surface area contributed by atoms with Gasteiger partial charge in [0.15, 0.2) is 0 Å². The number of nitrogens with zero attached hydrogens (tertiary/aromatic N) is 3. The van der Waals surface area contributed by atoms with Crippen molar-refractivity contribution in [3.05, 3.63) is 83.0 Å². The molecule has 1 saturated heterocycles. The van der Waals surface area contributed by atoms with Gasteiger partial charge in [0.25, 0.3) is 5.91 Å². The van der Waals surface area contributed by atoms with Crippen molar-refractivity contribution in [2.45, 2.75) is 0 Å². The number of carbonyl (C=O) groups is 1. The van der Waals surface area contributed by atoms with Crippen LogP contribution in [0, 0.1) is 11.8 Å². The van der Waals surface area contributed by atoms with E-state index >= 15 is 0 Å². The summed E-state index contributed by atoms with van der Waals surface area (Å²) in [5.41, 5.74) is 2.17. The smallest absolute Gasteiger partial charge is 0.254 e. The van der Waals surface area contributed by atoms with Crippen molar-refractivity contribution in [3.63, 3.8) is 0 Å². The monoisotopic (exact) mass is 377 g/mol. The topological polar surface area (TPSA) is 35.9 Å². The molecule has 27 heavy (non-hydrogen) atoms. The first kappa shape index (κ1) is 18.8. The number of aliphatic imine (C=N–C) groups is 1. The molecule has 3 rings (SSSR count). The number of hydrogen-bond donors (Lipinski definition) is 0. The zero-order valence-electron chi connectivity index (χ0n) is 15.2. The van der Waals surface area contributed by atoms with Crippen LogP contribution in [0.2, 0.25) is 5.02 Å². The minimum absolute atomic E-state index is 0.00650. The molecule has 4 nitrogen and oxygen atoms in total. The Labute approximate surface area is 164 Å². The SMILES string of the molecule is C=C(C#Cc1cccc(Cl)c1)N1CCN(C(=O)c2ccccc2)CC1=NC. The molecule has 0 N–H and O–H groups in total. The summed E-state index contributed by atoms with van der Waals surface area (Å²) in [6, 6.07) is 16.7. The predicted molar refractivity (Wildman–Crippen MR) is 110 cm³/mol. The van der Waals surface area contributed by atoms with E-state index in [0.29, 0.717) is 35.9 Å². The van der Waals surface area contributed by atoms with Crippen LogP contribution in [0.5, 0.6) is 0 Å². The highest BCUT2D eigenvalue weighted by atomic mass is 35.5. The van der Waals surface area contributed by atoms with Crippen LogP contribution in [0.25, 0.3) is 0 Å². The average Bonchev–Trinajstić information content (AvgIpc) is 2.71. The zero-order chi connectivity index (χ0) is 19.2. The molecule has 2 aromatic rings. The highest BCUT2D eigenvalue weighted by molar-refractivity contribution is 6.30. The van der Waals surface area contributed by atoms with Crippen LogP contribution in [0.1, 0.15) is 15.9 Å². The second kappa shape index (κ2) is 8.57. The van der Waals surface area contributed by atoms with Crippen molar-refractivity contribution in [1.82, 2.24) is 9.80 Å². The Morgan fingerprint density at radius 1 is 1.15 bits per heavy atom. The van der Waals surface area contributed by atoms with Gasteiger partial charge in [0.05, 0.1) is 12.2 Å². The summed E-state index contributed by atoms with van der Waals surface area (Å²) < 4.78 is 0. The van der Waals surface area contributed by atoms with E-state index in [2.05, 4.69) is 23.4 Å². The number of carbonyl (C=O) groups excluding carboxylic acids is 1. The number of rotatable bonds is 2. The molecule has 0 bridgehead atoms. The molecule has 0 spiro atoms. The van der Waals surface area contributed by atoms with Gasteiger partial charge >= 0.3 is 0 Å². The van der Waals surface area contributed by atoms with Crippen molar-refractivity contribution in [1.29, 1.82) is 0 Å². The molecule has 1 aliphatic heterocycles. The molecule has 0 radical (unpaired) electrons. The van der Waals surface area contributed by atoms with Gasteiger partial charge in [-0.25, -0.2) is 0 Å². The summed E-state index contributed by atoms with van der Waals surface area (Å²) in [6.07, 6.45) is 0. The Morgan fingerprint density at radius 2 is 1.93 bits per heavy atom. The summed E-state index contributed by atoms with van der Waals surface area (Å²) in [6.45, 7) is 5.70. The van der Waals surface area contributed by atoms with Crippen LogP contribution in [0.15, 0.2) is 71.9 Å². The van der Waals surface area contributed by atoms with Crippen molar-refractivity contribution in [3.8, 4) is 11.8 Å². The van der Waals surface area contributed by atoms with E-state index in [1.807, 2.05) is 59.5 Å². The molecular formula is C22H20ClN3O. The van der Waals surface area contributed by atoms with Gasteiger partial charge in [0, 0.05) is 36.3 Å². The Morgan fingerprint density at radius 3 is 2.63 bits per heavy atom. The maximum atomic E-state index is 12.7. The van der Waals surface area contributed by atoms with Crippen molar-refractivity contribution in [2.75, 3.05) is 26.7 Å². The van der Waals surface area contributed by atoms with E-state index in [1.165, 1.54) is 0 Å². The molecule has 0 aliphatic carbocycles. The summed E-state index contributed by atoms with van der Waals surface area (Å²) in [7, 11) is 1.72. The largest absolute Gasteiger partial charge is 0.329 e. The van der Waals surface area contributed by atoms with Crippen molar-refractivity contribution in [2.24, 2.45) is 4.99 Å². The molecule has 1 fully saturated rings. The molecule has 1 aliphatic rings. The highest BCUT2D eigenvalue weighted by Gasteiger charge is 2.26. The third kappa shape index (κ3) is 4.58. The van der Waals surface area contributed by atoms with Crippen LogP contribution in [0.4, 0.5) is 0 Å². The number of benzene rings is 2. The van der Waals surface area contributed by atoms with Crippen LogP contribution in [-0.2, 0) is 0 Å². The number of piperazine rings is 1. The van der Waals surface area contributed by atoms with E-state index in [9.17, 15) is 4.79 Å². The molecule has 0 saturated carbocycles. The first-order valence-corrected chi connectivity index (χ1v) is 9.00. The number of halogens is 1. The summed E-state index contributed by atoms with van der Waals surface area (Å²) >= 11 is 5.99. The number of hydrogen-bond acceptors (Lipinski definition) is 2. The molecule has 1 amide bonds. The van der Waals surface area contributed by atoms with Crippen molar-refractivity contribution >= 4 is 23.3 Å². The Balaban J connectivity index is 1.70. The van der Waals surface area contributed by atoms with E-state index in [0.717, 1.165) is 11.4 Å². The van der Waals surface area contributed by atoms with E-state index in [-0.39, 0.29) is 5.91 Å². The third-order valence-electron chi connectivity index (χ3n) is 4.31. The molecule has 5 heteroatoms. The van der Waals surface area contributed by atoms with Gasteiger partial charge in [0.2, 0.25) is 0 Å². The molecule has 2 aromatic carbocycles. The van der Waals surface area contributed by atoms with Crippen LogP contribution >= 0.6 is 11.6 Å². The lowest BCUT2D eigenvalue weighted by molar-refractivity contribution is 0.0753. The molecule has 0 aromatic heterocycles. The third-order valence-corrected chi connectivity index (χ3v) is 4.54. The van der Waals surface area contributed by atoms with Crippen LogP contribution in [-0.4, -0.2) is 48.2 Å². The molecular weight excluding hydrogens is 358 g/mol. The number of amides is 1. The minimum Gasteiger partial charge on any atom is -0.329 e. The fraction of sp³-hybridized carbons (Fsp3) is 0.182. The van der Waals surface area contributed by atoms with Gasteiger partial charge < -0.3 is 9.80 Å². The molecule has 1 heterocycles. The minimum atomic E-state index is 0.00650. The van der Waals surface area contributed by atoms with Gasteiger partial charge in [-0.15, -0.1) is 0 Å². The summed E-state index contributed by atoms with van der Waals surface area (Å²) in [5, 5.41) is 0.649. The first-order chi connectivity index (χ1) is 13.1. The standard InChI is InChI=1S/C22H20ClN3O/c1-17(11-12-18-7-6-10-20(23)15-18)26-14-13-25(16-21(26)24-2)22(27)19-8-4-3-5-9-19/h3-10,15H,1,13-14,16H2,2H3. The second-order valence-electron chi connectivity index (χ2n) is 6.09. The maximum absolute atomic E-state index is 12.7. The number of allylic oxidation sites excluding steroid dienone is 1. The first-order valence-electron chi connectivity index (χ1n) is 8.62. The molecule has 0 unspecified atom stereocenters. The lowest BCUT2D eigenvalue weighted by Crippen LogP contribution is -2.51. The Kier molecular flexibility index (Phi) is 5.95. The van der Waals surface area contributed by atoms with Gasteiger partial charge in [-0.1, -0.05) is 48.4 Å². The second-order valence-corrected chi connectivity index (χ2v) is 6.53. The fourth-order valence-corrected chi connectivity index (χ4v) is 3.07.